The number of aromatic nitrogens is 2. The van der Waals surface area contributed by atoms with Crippen molar-refractivity contribution in [3.05, 3.63) is 59.4 Å². The van der Waals surface area contributed by atoms with Crippen molar-refractivity contribution in [1.29, 1.82) is 0 Å². The van der Waals surface area contributed by atoms with Gasteiger partial charge in [0, 0.05) is 12.3 Å². The van der Waals surface area contributed by atoms with Crippen LogP contribution in [-0.2, 0) is 11.2 Å². The third-order valence-electron chi connectivity index (χ3n) is 4.75. The van der Waals surface area contributed by atoms with E-state index in [0.29, 0.717) is 18.8 Å². The lowest BCUT2D eigenvalue weighted by atomic mass is 10.1. The third kappa shape index (κ3) is 4.67. The van der Waals surface area contributed by atoms with Crippen LogP contribution in [0.15, 0.2) is 42.5 Å². The van der Waals surface area contributed by atoms with Gasteiger partial charge >= 0.3 is 0 Å². The zero-order chi connectivity index (χ0) is 19.4. The molecule has 0 saturated carbocycles. The topological polar surface area (TPSA) is 67.0 Å². The number of fused-ring (bicyclic) bond motifs is 1. The monoisotopic (exact) mass is 365 g/mol. The molecule has 0 radical (unpaired) electrons. The minimum Gasteiger partial charge on any atom is -0.497 e. The molecule has 0 aliphatic heterocycles. The van der Waals surface area contributed by atoms with Gasteiger partial charge in [-0.15, -0.1) is 0 Å². The van der Waals surface area contributed by atoms with Gasteiger partial charge in [-0.3, -0.25) is 4.79 Å². The number of hydrogen-bond acceptors (Lipinski definition) is 3. The van der Waals surface area contributed by atoms with E-state index in [0.717, 1.165) is 33.7 Å². The molecule has 0 spiro atoms. The maximum Gasteiger partial charge on any atom is 0.220 e. The maximum absolute atomic E-state index is 12.3. The Kier molecular flexibility index (Phi) is 5.79. The van der Waals surface area contributed by atoms with Crippen LogP contribution in [0.3, 0.4) is 0 Å². The number of carbonyl (C=O) groups excluding carboxylic acids is 1. The normalized spacial score (nSPS) is 12.3. The number of carbonyl (C=O) groups is 1. The van der Waals surface area contributed by atoms with Crippen LogP contribution in [0.2, 0.25) is 0 Å². The maximum atomic E-state index is 12.3. The standard InChI is InChI=1S/C22H27N3O2/c1-14(2)22-24-19-11-5-16(13-20(19)25-22)6-12-21(26)23-15(3)17-7-9-18(27-4)10-8-17/h5,7-11,13-15H,6,12H2,1-4H3,(H,23,26)(H,24,25)/t15-/m0/s1. The Morgan fingerprint density at radius 1 is 1.15 bits per heavy atom. The SMILES string of the molecule is COc1ccc([C@H](C)NC(=O)CCc2ccc3nc(C(C)C)[nH]c3c2)cc1. The molecule has 1 atom stereocenters. The summed E-state index contributed by atoms with van der Waals surface area (Å²) in [7, 11) is 1.64. The molecule has 0 unspecified atom stereocenters. The first kappa shape index (κ1) is 19.0. The molecule has 0 bridgehead atoms. The summed E-state index contributed by atoms with van der Waals surface area (Å²) in [6.07, 6.45) is 1.16. The molecule has 0 fully saturated rings. The summed E-state index contributed by atoms with van der Waals surface area (Å²) in [5.41, 5.74) is 4.20. The first-order valence-electron chi connectivity index (χ1n) is 9.38. The van der Waals surface area contributed by atoms with Crippen LogP contribution >= 0.6 is 0 Å². The Labute approximate surface area is 160 Å². The number of nitrogens with one attached hydrogen (secondary N) is 2. The number of amides is 1. The predicted octanol–water partition coefficient (Wildman–Crippen LogP) is 4.50. The average Bonchev–Trinajstić information content (AvgIpc) is 3.10. The highest BCUT2D eigenvalue weighted by atomic mass is 16.5. The lowest BCUT2D eigenvalue weighted by Crippen LogP contribution is -2.26. The molecule has 5 heteroatoms. The number of benzene rings is 2. The molecule has 0 aliphatic rings. The van der Waals surface area contributed by atoms with Crippen molar-refractivity contribution in [3.8, 4) is 5.75 Å². The molecule has 142 valence electrons. The first-order valence-corrected chi connectivity index (χ1v) is 9.38. The van der Waals surface area contributed by atoms with Gasteiger partial charge in [0.05, 0.1) is 24.2 Å². The van der Waals surface area contributed by atoms with E-state index in [4.69, 9.17) is 4.74 Å². The largest absolute Gasteiger partial charge is 0.497 e. The Morgan fingerprint density at radius 2 is 1.89 bits per heavy atom. The fraction of sp³-hybridized carbons (Fsp3) is 0.364. The van der Waals surface area contributed by atoms with Crippen LogP contribution in [0.5, 0.6) is 5.75 Å². The summed E-state index contributed by atoms with van der Waals surface area (Å²) in [6, 6.07) is 13.9. The van der Waals surface area contributed by atoms with Crippen molar-refractivity contribution in [2.24, 2.45) is 0 Å². The zero-order valence-corrected chi connectivity index (χ0v) is 16.4. The smallest absolute Gasteiger partial charge is 0.220 e. The minimum atomic E-state index is -0.0351. The molecular formula is C22H27N3O2. The highest BCUT2D eigenvalue weighted by molar-refractivity contribution is 5.78. The summed E-state index contributed by atoms with van der Waals surface area (Å²) in [6.45, 7) is 6.23. The lowest BCUT2D eigenvalue weighted by Gasteiger charge is -2.15. The number of methoxy groups -OCH3 is 1. The predicted molar refractivity (Wildman–Crippen MR) is 108 cm³/mol. The van der Waals surface area contributed by atoms with Crippen molar-refractivity contribution in [2.45, 2.75) is 45.6 Å². The second kappa shape index (κ2) is 8.25. The highest BCUT2D eigenvalue weighted by Crippen LogP contribution is 2.20. The van der Waals surface area contributed by atoms with E-state index in [9.17, 15) is 4.79 Å². The Hall–Kier alpha value is -2.82. The van der Waals surface area contributed by atoms with Crippen LogP contribution in [-0.4, -0.2) is 23.0 Å². The zero-order valence-electron chi connectivity index (χ0n) is 16.4. The van der Waals surface area contributed by atoms with E-state index >= 15 is 0 Å². The van der Waals surface area contributed by atoms with Crippen LogP contribution in [0.4, 0.5) is 0 Å². The van der Waals surface area contributed by atoms with E-state index in [1.165, 1.54) is 0 Å². The molecule has 0 aliphatic carbocycles. The second-order valence-electron chi connectivity index (χ2n) is 7.19. The van der Waals surface area contributed by atoms with Gasteiger partial charge in [-0.25, -0.2) is 4.98 Å². The molecule has 2 aromatic carbocycles. The Morgan fingerprint density at radius 3 is 2.56 bits per heavy atom. The molecule has 3 aromatic rings. The van der Waals surface area contributed by atoms with Gasteiger partial charge in [-0.1, -0.05) is 32.0 Å². The highest BCUT2D eigenvalue weighted by Gasteiger charge is 2.11. The number of nitrogens with zero attached hydrogens (tertiary/aromatic N) is 1. The summed E-state index contributed by atoms with van der Waals surface area (Å²) in [5, 5.41) is 3.06. The molecule has 1 aromatic heterocycles. The van der Waals surface area contributed by atoms with E-state index < -0.39 is 0 Å². The molecule has 2 N–H and O–H groups in total. The number of rotatable bonds is 7. The van der Waals surface area contributed by atoms with Crippen LogP contribution in [0.25, 0.3) is 11.0 Å². The van der Waals surface area contributed by atoms with E-state index in [2.05, 4.69) is 35.2 Å². The minimum absolute atomic E-state index is 0.0351. The molecule has 1 heterocycles. The van der Waals surface area contributed by atoms with Gasteiger partial charge in [0.2, 0.25) is 5.91 Å². The number of H-pyrrole nitrogens is 1. The number of ether oxygens (including phenoxy) is 1. The fourth-order valence-electron chi connectivity index (χ4n) is 3.05. The average molecular weight is 365 g/mol. The van der Waals surface area contributed by atoms with Crippen molar-refractivity contribution < 1.29 is 9.53 Å². The van der Waals surface area contributed by atoms with Crippen molar-refractivity contribution >= 4 is 16.9 Å². The second-order valence-corrected chi connectivity index (χ2v) is 7.19. The fourth-order valence-corrected chi connectivity index (χ4v) is 3.05. The summed E-state index contributed by atoms with van der Waals surface area (Å²) in [4.78, 5) is 20.3. The van der Waals surface area contributed by atoms with Gasteiger partial charge < -0.3 is 15.0 Å². The Bertz CT molecular complexity index is 913. The van der Waals surface area contributed by atoms with Gasteiger partial charge in [-0.05, 0) is 48.7 Å². The van der Waals surface area contributed by atoms with Crippen LogP contribution < -0.4 is 10.1 Å². The molecule has 27 heavy (non-hydrogen) atoms. The molecular weight excluding hydrogens is 338 g/mol. The van der Waals surface area contributed by atoms with Crippen molar-refractivity contribution in [2.75, 3.05) is 7.11 Å². The first-order chi connectivity index (χ1) is 13.0. The Balaban J connectivity index is 1.57. The number of hydrogen-bond donors (Lipinski definition) is 2. The molecule has 5 nitrogen and oxygen atoms in total. The van der Waals surface area contributed by atoms with Gasteiger partial charge in [-0.2, -0.15) is 0 Å². The van der Waals surface area contributed by atoms with E-state index in [1.807, 2.05) is 43.3 Å². The van der Waals surface area contributed by atoms with Crippen LogP contribution in [0, 0.1) is 0 Å². The molecule has 3 rings (SSSR count). The molecule has 0 saturated heterocycles. The van der Waals surface area contributed by atoms with Crippen molar-refractivity contribution in [1.82, 2.24) is 15.3 Å². The summed E-state index contributed by atoms with van der Waals surface area (Å²) in [5.74, 6) is 2.22. The summed E-state index contributed by atoms with van der Waals surface area (Å²) < 4.78 is 5.17. The van der Waals surface area contributed by atoms with Gasteiger partial charge in [0.25, 0.3) is 0 Å². The quantitative estimate of drug-likeness (QED) is 0.647. The molecule has 1 amide bonds. The van der Waals surface area contributed by atoms with Crippen LogP contribution in [0.1, 0.15) is 56.1 Å². The number of imidazole rings is 1. The summed E-state index contributed by atoms with van der Waals surface area (Å²) >= 11 is 0. The van der Waals surface area contributed by atoms with Crippen molar-refractivity contribution in [3.63, 3.8) is 0 Å². The van der Waals surface area contributed by atoms with Gasteiger partial charge in [0.15, 0.2) is 0 Å². The van der Waals surface area contributed by atoms with E-state index in [-0.39, 0.29) is 11.9 Å². The number of aromatic amines is 1. The van der Waals surface area contributed by atoms with Gasteiger partial charge in [0.1, 0.15) is 11.6 Å². The number of aryl methyl sites for hydroxylation is 1. The third-order valence-corrected chi connectivity index (χ3v) is 4.75. The van der Waals surface area contributed by atoms with E-state index in [1.54, 1.807) is 7.11 Å². The lowest BCUT2D eigenvalue weighted by molar-refractivity contribution is -0.121.